The molecule has 0 bridgehead atoms. The number of benzene rings is 2. The summed E-state index contributed by atoms with van der Waals surface area (Å²) in [6.07, 6.45) is 5.55. The van der Waals surface area contributed by atoms with Crippen LogP contribution in [0.3, 0.4) is 0 Å². The van der Waals surface area contributed by atoms with Gasteiger partial charge in [-0.15, -0.1) is 0 Å². The SMILES string of the molecule is CSc1nccn1-c1ccc(C(=O)NCC(=O)OCc2ccccc2)cc1. The van der Waals surface area contributed by atoms with Crippen molar-refractivity contribution in [1.29, 1.82) is 0 Å². The van der Waals surface area contributed by atoms with Crippen LogP contribution in [0.15, 0.2) is 72.1 Å². The molecule has 0 saturated heterocycles. The summed E-state index contributed by atoms with van der Waals surface area (Å²) in [7, 11) is 0. The fourth-order valence-corrected chi connectivity index (χ4v) is 2.98. The van der Waals surface area contributed by atoms with Crippen molar-refractivity contribution in [3.05, 3.63) is 78.1 Å². The van der Waals surface area contributed by atoms with Gasteiger partial charge < -0.3 is 10.1 Å². The standard InChI is InChI=1S/C20H19N3O3S/c1-27-20-21-11-12-23(20)17-9-7-16(8-10-17)19(25)22-13-18(24)26-14-15-5-3-2-4-6-15/h2-12H,13-14H2,1H3,(H,22,25). The Morgan fingerprint density at radius 1 is 1.11 bits per heavy atom. The Balaban J connectivity index is 1.51. The monoisotopic (exact) mass is 381 g/mol. The molecule has 0 radical (unpaired) electrons. The van der Waals surface area contributed by atoms with Gasteiger partial charge in [-0.25, -0.2) is 4.98 Å². The average molecular weight is 381 g/mol. The van der Waals surface area contributed by atoms with Gasteiger partial charge in [0.2, 0.25) is 0 Å². The summed E-state index contributed by atoms with van der Waals surface area (Å²) in [5.41, 5.74) is 2.29. The molecule has 1 N–H and O–H groups in total. The number of hydrogen-bond acceptors (Lipinski definition) is 5. The van der Waals surface area contributed by atoms with Crippen molar-refractivity contribution in [3.8, 4) is 5.69 Å². The predicted molar refractivity (Wildman–Crippen MR) is 104 cm³/mol. The van der Waals surface area contributed by atoms with Gasteiger partial charge in [0.15, 0.2) is 5.16 Å². The van der Waals surface area contributed by atoms with Crippen molar-refractivity contribution in [2.24, 2.45) is 0 Å². The Morgan fingerprint density at radius 3 is 2.56 bits per heavy atom. The molecule has 0 fully saturated rings. The molecule has 0 unspecified atom stereocenters. The van der Waals surface area contributed by atoms with E-state index in [0.717, 1.165) is 16.4 Å². The maximum Gasteiger partial charge on any atom is 0.325 e. The number of esters is 1. The molecule has 27 heavy (non-hydrogen) atoms. The molecule has 0 atom stereocenters. The largest absolute Gasteiger partial charge is 0.460 e. The summed E-state index contributed by atoms with van der Waals surface area (Å²) in [4.78, 5) is 28.2. The lowest BCUT2D eigenvalue weighted by molar-refractivity contribution is -0.143. The summed E-state index contributed by atoms with van der Waals surface area (Å²) in [6.45, 7) is 0.0124. The minimum absolute atomic E-state index is 0.175. The number of imidazole rings is 1. The first-order valence-electron chi connectivity index (χ1n) is 8.33. The van der Waals surface area contributed by atoms with Crippen molar-refractivity contribution in [2.75, 3.05) is 12.8 Å². The van der Waals surface area contributed by atoms with Crippen molar-refractivity contribution < 1.29 is 14.3 Å². The van der Waals surface area contributed by atoms with Crippen LogP contribution in [0.25, 0.3) is 5.69 Å². The van der Waals surface area contributed by atoms with Gasteiger partial charge in [0, 0.05) is 23.6 Å². The molecule has 3 aromatic rings. The lowest BCUT2D eigenvalue weighted by Gasteiger charge is -2.08. The van der Waals surface area contributed by atoms with Crippen LogP contribution < -0.4 is 5.32 Å². The van der Waals surface area contributed by atoms with E-state index in [-0.39, 0.29) is 19.1 Å². The Hall–Kier alpha value is -3.06. The van der Waals surface area contributed by atoms with Gasteiger partial charge in [0.05, 0.1) is 0 Å². The third-order valence-electron chi connectivity index (χ3n) is 3.83. The van der Waals surface area contributed by atoms with Gasteiger partial charge in [-0.2, -0.15) is 0 Å². The molecule has 1 heterocycles. The number of nitrogens with one attached hydrogen (secondary N) is 1. The zero-order valence-corrected chi connectivity index (χ0v) is 15.6. The summed E-state index contributed by atoms with van der Waals surface area (Å²) in [5, 5.41) is 3.44. The average Bonchev–Trinajstić information content (AvgIpc) is 3.20. The van der Waals surface area contributed by atoms with E-state index in [1.165, 1.54) is 0 Å². The van der Waals surface area contributed by atoms with Crippen LogP contribution >= 0.6 is 11.8 Å². The first-order chi connectivity index (χ1) is 13.2. The first-order valence-corrected chi connectivity index (χ1v) is 9.55. The van der Waals surface area contributed by atoms with Crippen LogP contribution in [-0.4, -0.2) is 34.2 Å². The number of hydrogen-bond donors (Lipinski definition) is 1. The number of amides is 1. The highest BCUT2D eigenvalue weighted by Gasteiger charge is 2.10. The Morgan fingerprint density at radius 2 is 1.85 bits per heavy atom. The van der Waals surface area contributed by atoms with Crippen molar-refractivity contribution in [1.82, 2.24) is 14.9 Å². The molecular formula is C20H19N3O3S. The summed E-state index contributed by atoms with van der Waals surface area (Å²) < 4.78 is 7.08. The molecule has 0 aliphatic heterocycles. The van der Waals surface area contributed by atoms with Crippen LogP contribution in [0.2, 0.25) is 0 Å². The summed E-state index contributed by atoms with van der Waals surface area (Å²) in [5.74, 6) is -0.805. The van der Waals surface area contributed by atoms with Gasteiger partial charge in [-0.3, -0.25) is 14.2 Å². The molecule has 1 amide bonds. The van der Waals surface area contributed by atoms with Crippen LogP contribution in [0, 0.1) is 0 Å². The smallest absolute Gasteiger partial charge is 0.325 e. The number of carbonyl (C=O) groups excluding carboxylic acids is 2. The highest BCUT2D eigenvalue weighted by molar-refractivity contribution is 7.98. The first kappa shape index (κ1) is 18.7. The van der Waals surface area contributed by atoms with E-state index in [0.29, 0.717) is 5.56 Å². The number of rotatable bonds is 7. The minimum Gasteiger partial charge on any atom is -0.460 e. The van der Waals surface area contributed by atoms with Gasteiger partial charge >= 0.3 is 5.97 Å². The Kier molecular flexibility index (Phi) is 6.27. The second kappa shape index (κ2) is 9.05. The lowest BCUT2D eigenvalue weighted by atomic mass is 10.2. The maximum absolute atomic E-state index is 12.2. The molecule has 0 aliphatic rings. The van der Waals surface area contributed by atoms with Crippen LogP contribution in [0.5, 0.6) is 0 Å². The van der Waals surface area contributed by atoms with Crippen molar-refractivity contribution in [3.63, 3.8) is 0 Å². The minimum atomic E-state index is -0.480. The number of carbonyl (C=O) groups is 2. The molecule has 3 rings (SSSR count). The van der Waals surface area contributed by atoms with E-state index in [4.69, 9.17) is 4.74 Å². The van der Waals surface area contributed by atoms with Gasteiger partial charge in [0.1, 0.15) is 13.2 Å². The topological polar surface area (TPSA) is 73.2 Å². The van der Waals surface area contributed by atoms with Crippen molar-refractivity contribution in [2.45, 2.75) is 11.8 Å². The number of ether oxygens (including phenoxy) is 1. The normalized spacial score (nSPS) is 10.4. The van der Waals surface area contributed by atoms with Gasteiger partial charge in [-0.05, 0) is 36.1 Å². The van der Waals surface area contributed by atoms with Crippen LogP contribution in [0.4, 0.5) is 0 Å². The Labute approximate surface area is 161 Å². The fourth-order valence-electron chi connectivity index (χ4n) is 2.45. The zero-order chi connectivity index (χ0) is 19.1. The van der Waals surface area contributed by atoms with E-state index >= 15 is 0 Å². The third kappa shape index (κ3) is 4.98. The molecule has 0 spiro atoms. The highest BCUT2D eigenvalue weighted by atomic mass is 32.2. The molecule has 6 nitrogen and oxygen atoms in total. The fraction of sp³-hybridized carbons (Fsp3) is 0.150. The van der Waals surface area contributed by atoms with E-state index < -0.39 is 5.97 Å². The lowest BCUT2D eigenvalue weighted by Crippen LogP contribution is -2.30. The second-order valence-corrected chi connectivity index (χ2v) is 6.43. The molecule has 1 aromatic heterocycles. The summed E-state index contributed by atoms with van der Waals surface area (Å²) in [6, 6.07) is 16.5. The molecular weight excluding hydrogens is 362 g/mol. The molecule has 7 heteroatoms. The zero-order valence-electron chi connectivity index (χ0n) is 14.8. The third-order valence-corrected chi connectivity index (χ3v) is 4.50. The summed E-state index contributed by atoms with van der Waals surface area (Å²) >= 11 is 1.54. The molecule has 0 saturated carbocycles. The number of nitrogens with zero attached hydrogens (tertiary/aromatic N) is 2. The number of thioether (sulfide) groups is 1. The van der Waals surface area contributed by atoms with E-state index in [1.54, 1.807) is 30.1 Å². The van der Waals surface area contributed by atoms with E-state index in [1.807, 2.05) is 59.5 Å². The quantitative estimate of drug-likeness (QED) is 0.503. The number of aromatic nitrogens is 2. The van der Waals surface area contributed by atoms with Gasteiger partial charge in [-0.1, -0.05) is 42.1 Å². The van der Waals surface area contributed by atoms with Crippen LogP contribution in [-0.2, 0) is 16.1 Å². The molecule has 2 aromatic carbocycles. The Bertz CT molecular complexity index is 908. The molecule has 0 aliphatic carbocycles. The molecule has 138 valence electrons. The van der Waals surface area contributed by atoms with E-state index in [2.05, 4.69) is 10.3 Å². The predicted octanol–water partition coefficient (Wildman–Crippen LogP) is 3.07. The highest BCUT2D eigenvalue weighted by Crippen LogP contribution is 2.18. The van der Waals surface area contributed by atoms with Gasteiger partial charge in [0.25, 0.3) is 5.91 Å². The van der Waals surface area contributed by atoms with Crippen LogP contribution in [0.1, 0.15) is 15.9 Å². The van der Waals surface area contributed by atoms with E-state index in [9.17, 15) is 9.59 Å². The second-order valence-electron chi connectivity index (χ2n) is 5.66. The maximum atomic E-state index is 12.2. The van der Waals surface area contributed by atoms with Crippen molar-refractivity contribution >= 4 is 23.6 Å².